The molecule has 0 atom stereocenters. The summed E-state index contributed by atoms with van der Waals surface area (Å²) in [6.07, 6.45) is 0. The first kappa shape index (κ1) is 9.97. The Morgan fingerprint density at radius 1 is 1.50 bits per heavy atom. The second-order valence-electron chi connectivity index (χ2n) is 4.17. The van der Waals surface area contributed by atoms with Gasteiger partial charge in [-0.25, -0.2) is 0 Å². The van der Waals surface area contributed by atoms with E-state index in [0.29, 0.717) is 6.54 Å². The molecule has 1 aromatic rings. The Morgan fingerprint density at radius 2 is 2.21 bits per heavy atom. The van der Waals surface area contributed by atoms with Crippen LogP contribution in [-0.4, -0.2) is 31.6 Å². The molecule has 2 N–H and O–H groups in total. The van der Waals surface area contributed by atoms with Gasteiger partial charge in [-0.3, -0.25) is 0 Å². The van der Waals surface area contributed by atoms with E-state index < -0.39 is 0 Å². The van der Waals surface area contributed by atoms with Crippen LogP contribution in [0.5, 0.6) is 0 Å². The quantitative estimate of drug-likeness (QED) is 0.802. The summed E-state index contributed by atoms with van der Waals surface area (Å²) < 4.78 is 0. The standard InChI is InChI=1S/C11H15ClN2/c1-14-7-11(6-13,8-14)9-3-2-4-10(12)5-9/h2-5H,6-8,13H2,1H3. The highest BCUT2D eigenvalue weighted by Gasteiger charge is 2.41. The molecule has 0 unspecified atom stereocenters. The Hall–Kier alpha value is -0.570. The molecule has 0 bridgehead atoms. The molecule has 0 saturated carbocycles. The SMILES string of the molecule is CN1CC(CN)(c2cccc(Cl)c2)C1. The Bertz CT molecular complexity index is 332. The molecule has 1 saturated heterocycles. The highest BCUT2D eigenvalue weighted by molar-refractivity contribution is 6.30. The topological polar surface area (TPSA) is 29.3 Å². The molecule has 1 aliphatic heterocycles. The average Bonchev–Trinajstić information content (AvgIpc) is 2.12. The van der Waals surface area contributed by atoms with Gasteiger partial charge in [-0.15, -0.1) is 0 Å². The van der Waals surface area contributed by atoms with Gasteiger partial charge < -0.3 is 10.6 Å². The second-order valence-corrected chi connectivity index (χ2v) is 4.60. The number of nitrogens with zero attached hydrogens (tertiary/aromatic N) is 1. The zero-order valence-electron chi connectivity index (χ0n) is 8.33. The van der Waals surface area contributed by atoms with Crippen LogP contribution >= 0.6 is 11.6 Å². The van der Waals surface area contributed by atoms with E-state index in [1.807, 2.05) is 18.2 Å². The number of nitrogens with two attached hydrogens (primary N) is 1. The zero-order chi connectivity index (χ0) is 10.2. The van der Waals surface area contributed by atoms with Gasteiger partial charge in [-0.1, -0.05) is 23.7 Å². The summed E-state index contributed by atoms with van der Waals surface area (Å²) in [4.78, 5) is 2.27. The van der Waals surface area contributed by atoms with Crippen molar-refractivity contribution in [2.24, 2.45) is 5.73 Å². The lowest BCUT2D eigenvalue weighted by molar-refractivity contribution is 0.100. The van der Waals surface area contributed by atoms with E-state index in [4.69, 9.17) is 17.3 Å². The van der Waals surface area contributed by atoms with Crippen LogP contribution in [0.4, 0.5) is 0 Å². The van der Waals surface area contributed by atoms with E-state index in [-0.39, 0.29) is 5.41 Å². The first-order chi connectivity index (χ1) is 6.66. The monoisotopic (exact) mass is 210 g/mol. The maximum Gasteiger partial charge on any atom is 0.0408 e. The van der Waals surface area contributed by atoms with E-state index in [1.54, 1.807) is 0 Å². The number of likely N-dealkylation sites (tertiary alicyclic amines) is 1. The van der Waals surface area contributed by atoms with Crippen LogP contribution in [0.25, 0.3) is 0 Å². The molecule has 0 radical (unpaired) electrons. The third-order valence-electron chi connectivity index (χ3n) is 2.97. The smallest absolute Gasteiger partial charge is 0.0408 e. The molecule has 2 nitrogen and oxygen atoms in total. The highest BCUT2D eigenvalue weighted by Crippen LogP contribution is 2.33. The molecule has 0 aromatic heterocycles. The predicted molar refractivity (Wildman–Crippen MR) is 59.7 cm³/mol. The van der Waals surface area contributed by atoms with E-state index in [0.717, 1.165) is 18.1 Å². The van der Waals surface area contributed by atoms with Gasteiger partial charge in [0.05, 0.1) is 0 Å². The van der Waals surface area contributed by atoms with Crippen molar-refractivity contribution in [3.8, 4) is 0 Å². The highest BCUT2D eigenvalue weighted by atomic mass is 35.5. The van der Waals surface area contributed by atoms with Gasteiger partial charge in [0.25, 0.3) is 0 Å². The minimum Gasteiger partial charge on any atom is -0.329 e. The number of halogens is 1. The number of rotatable bonds is 2. The van der Waals surface area contributed by atoms with Crippen molar-refractivity contribution in [1.29, 1.82) is 0 Å². The maximum atomic E-state index is 5.97. The van der Waals surface area contributed by atoms with Crippen molar-refractivity contribution in [2.45, 2.75) is 5.41 Å². The zero-order valence-corrected chi connectivity index (χ0v) is 9.09. The summed E-state index contributed by atoms with van der Waals surface area (Å²) >= 11 is 5.97. The third-order valence-corrected chi connectivity index (χ3v) is 3.21. The van der Waals surface area contributed by atoms with Crippen LogP contribution in [0, 0.1) is 0 Å². The van der Waals surface area contributed by atoms with Crippen molar-refractivity contribution < 1.29 is 0 Å². The number of hydrogen-bond donors (Lipinski definition) is 1. The molecule has 1 aliphatic rings. The predicted octanol–water partition coefficient (Wildman–Crippen LogP) is 1.48. The largest absolute Gasteiger partial charge is 0.329 e. The summed E-state index contributed by atoms with van der Waals surface area (Å²) in [6.45, 7) is 2.76. The number of benzene rings is 1. The van der Waals surface area contributed by atoms with Gasteiger partial charge in [0.2, 0.25) is 0 Å². The van der Waals surface area contributed by atoms with Crippen molar-refractivity contribution in [3.05, 3.63) is 34.9 Å². The van der Waals surface area contributed by atoms with Crippen molar-refractivity contribution in [3.63, 3.8) is 0 Å². The van der Waals surface area contributed by atoms with Gasteiger partial charge in [0.1, 0.15) is 0 Å². The lowest BCUT2D eigenvalue weighted by Gasteiger charge is -2.48. The molecule has 3 heteroatoms. The van der Waals surface area contributed by atoms with E-state index in [2.05, 4.69) is 18.0 Å². The molecule has 0 aliphatic carbocycles. The fraction of sp³-hybridized carbons (Fsp3) is 0.455. The lowest BCUT2D eigenvalue weighted by atomic mass is 9.74. The number of hydrogen-bond acceptors (Lipinski definition) is 2. The van der Waals surface area contributed by atoms with Gasteiger partial charge >= 0.3 is 0 Å². The Balaban J connectivity index is 2.29. The van der Waals surface area contributed by atoms with Gasteiger partial charge in [0, 0.05) is 30.1 Å². The molecule has 2 rings (SSSR count). The Kier molecular flexibility index (Phi) is 2.52. The molecule has 1 aromatic carbocycles. The summed E-state index contributed by atoms with van der Waals surface area (Å²) in [5, 5.41) is 0.796. The molecular formula is C11H15ClN2. The van der Waals surface area contributed by atoms with Gasteiger partial charge in [-0.2, -0.15) is 0 Å². The van der Waals surface area contributed by atoms with Crippen LogP contribution in [0.15, 0.2) is 24.3 Å². The van der Waals surface area contributed by atoms with Gasteiger partial charge in [0.15, 0.2) is 0 Å². The minimum atomic E-state index is 0.139. The fourth-order valence-electron chi connectivity index (χ4n) is 2.23. The van der Waals surface area contributed by atoms with E-state index >= 15 is 0 Å². The molecule has 76 valence electrons. The summed E-state index contributed by atoms with van der Waals surface area (Å²) in [6, 6.07) is 8.04. The van der Waals surface area contributed by atoms with Crippen LogP contribution in [0.1, 0.15) is 5.56 Å². The maximum absolute atomic E-state index is 5.97. The molecule has 14 heavy (non-hydrogen) atoms. The first-order valence-corrected chi connectivity index (χ1v) is 5.19. The number of likely N-dealkylation sites (N-methyl/N-ethyl adjacent to an activating group) is 1. The lowest BCUT2D eigenvalue weighted by Crippen LogP contribution is -2.61. The summed E-state index contributed by atoms with van der Waals surface area (Å²) in [7, 11) is 2.11. The molecule has 1 fully saturated rings. The molecular weight excluding hydrogens is 196 g/mol. The summed E-state index contributed by atoms with van der Waals surface area (Å²) in [5.41, 5.74) is 7.25. The molecule has 1 heterocycles. The normalized spacial score (nSPS) is 20.5. The molecule has 0 amide bonds. The van der Waals surface area contributed by atoms with E-state index in [9.17, 15) is 0 Å². The second kappa shape index (κ2) is 3.54. The molecule has 0 spiro atoms. The van der Waals surface area contributed by atoms with Crippen LogP contribution in [0.3, 0.4) is 0 Å². The Morgan fingerprint density at radius 3 is 2.71 bits per heavy atom. The minimum absolute atomic E-state index is 0.139. The third kappa shape index (κ3) is 1.54. The summed E-state index contributed by atoms with van der Waals surface area (Å²) in [5.74, 6) is 0. The Labute approximate surface area is 89.7 Å². The van der Waals surface area contributed by atoms with Crippen LogP contribution in [0.2, 0.25) is 5.02 Å². The van der Waals surface area contributed by atoms with Crippen LogP contribution < -0.4 is 5.73 Å². The average molecular weight is 211 g/mol. The van der Waals surface area contributed by atoms with Crippen molar-refractivity contribution >= 4 is 11.6 Å². The van der Waals surface area contributed by atoms with Crippen molar-refractivity contribution in [1.82, 2.24) is 4.90 Å². The van der Waals surface area contributed by atoms with Crippen LogP contribution in [-0.2, 0) is 5.41 Å². The van der Waals surface area contributed by atoms with E-state index in [1.165, 1.54) is 5.56 Å². The fourth-order valence-corrected chi connectivity index (χ4v) is 2.43. The first-order valence-electron chi connectivity index (χ1n) is 4.81. The van der Waals surface area contributed by atoms with Gasteiger partial charge in [-0.05, 0) is 24.7 Å². The van der Waals surface area contributed by atoms with Crippen molar-refractivity contribution in [2.75, 3.05) is 26.7 Å².